The standard InChI is InChI=1S/C8H9BrFNO3/c1-14-11-3-4-7(9)5(10)2-6(12)8(4)13/h2,11-13H,3H2,1H3. The first-order valence-electron chi connectivity index (χ1n) is 3.72. The Labute approximate surface area is 88.4 Å². The molecule has 0 heterocycles. The van der Waals surface area contributed by atoms with Gasteiger partial charge in [-0.25, -0.2) is 4.39 Å². The number of hydroxylamine groups is 1. The Kier molecular flexibility index (Phi) is 3.68. The molecular formula is C8H9BrFNO3. The smallest absolute Gasteiger partial charge is 0.163 e. The van der Waals surface area contributed by atoms with Crippen LogP contribution in [-0.2, 0) is 11.4 Å². The second-order valence-electron chi connectivity index (χ2n) is 2.54. The molecule has 0 fully saturated rings. The molecule has 6 heteroatoms. The molecule has 0 aliphatic rings. The Balaban J connectivity index is 3.11. The zero-order valence-corrected chi connectivity index (χ0v) is 8.93. The molecule has 0 aromatic heterocycles. The van der Waals surface area contributed by atoms with Gasteiger partial charge in [0, 0.05) is 11.6 Å². The molecule has 0 saturated heterocycles. The lowest BCUT2D eigenvalue weighted by molar-refractivity contribution is 0.0858. The fourth-order valence-electron chi connectivity index (χ4n) is 0.960. The second kappa shape index (κ2) is 4.59. The highest BCUT2D eigenvalue weighted by Crippen LogP contribution is 2.36. The van der Waals surface area contributed by atoms with Gasteiger partial charge in [0.25, 0.3) is 0 Å². The summed E-state index contributed by atoms with van der Waals surface area (Å²) in [5.74, 6) is -1.52. The number of phenolic OH excluding ortho intramolecular Hbond substituents is 2. The van der Waals surface area contributed by atoms with Crippen LogP contribution in [0.5, 0.6) is 11.5 Å². The van der Waals surface area contributed by atoms with Crippen molar-refractivity contribution in [2.75, 3.05) is 7.11 Å². The Morgan fingerprint density at radius 1 is 1.57 bits per heavy atom. The molecular weight excluding hydrogens is 257 g/mol. The highest BCUT2D eigenvalue weighted by Gasteiger charge is 2.15. The van der Waals surface area contributed by atoms with Crippen LogP contribution in [0.25, 0.3) is 0 Å². The molecule has 0 aliphatic carbocycles. The fourth-order valence-corrected chi connectivity index (χ4v) is 1.40. The highest BCUT2D eigenvalue weighted by atomic mass is 79.9. The van der Waals surface area contributed by atoms with E-state index < -0.39 is 11.6 Å². The molecule has 0 amide bonds. The van der Waals surface area contributed by atoms with E-state index in [9.17, 15) is 9.50 Å². The van der Waals surface area contributed by atoms with Crippen molar-refractivity contribution in [3.05, 3.63) is 21.9 Å². The van der Waals surface area contributed by atoms with E-state index in [4.69, 9.17) is 5.11 Å². The molecule has 0 bridgehead atoms. The van der Waals surface area contributed by atoms with E-state index in [0.717, 1.165) is 6.07 Å². The minimum atomic E-state index is -0.645. The van der Waals surface area contributed by atoms with Crippen molar-refractivity contribution < 1.29 is 19.4 Å². The fraction of sp³-hybridized carbons (Fsp3) is 0.250. The SMILES string of the molecule is CONCc1c(O)c(O)cc(F)c1Br. The molecule has 78 valence electrons. The number of hydrogen-bond acceptors (Lipinski definition) is 4. The Hall–Kier alpha value is -0.850. The largest absolute Gasteiger partial charge is 0.504 e. The normalized spacial score (nSPS) is 10.5. The van der Waals surface area contributed by atoms with Crippen molar-refractivity contribution in [3.63, 3.8) is 0 Å². The maximum Gasteiger partial charge on any atom is 0.163 e. The van der Waals surface area contributed by atoms with Gasteiger partial charge in [-0.15, -0.1) is 0 Å². The van der Waals surface area contributed by atoms with Gasteiger partial charge in [0.15, 0.2) is 11.5 Å². The van der Waals surface area contributed by atoms with Crippen LogP contribution in [0.15, 0.2) is 10.5 Å². The summed E-state index contributed by atoms with van der Waals surface area (Å²) >= 11 is 2.95. The molecule has 1 aromatic carbocycles. The summed E-state index contributed by atoms with van der Waals surface area (Å²) < 4.78 is 13.2. The van der Waals surface area contributed by atoms with Gasteiger partial charge in [-0.3, -0.25) is 0 Å². The molecule has 0 radical (unpaired) electrons. The van der Waals surface area contributed by atoms with Gasteiger partial charge < -0.3 is 15.1 Å². The highest BCUT2D eigenvalue weighted by molar-refractivity contribution is 9.10. The van der Waals surface area contributed by atoms with Gasteiger partial charge >= 0.3 is 0 Å². The molecule has 0 atom stereocenters. The van der Waals surface area contributed by atoms with Crippen LogP contribution in [0.2, 0.25) is 0 Å². The van der Waals surface area contributed by atoms with E-state index in [-0.39, 0.29) is 22.3 Å². The maximum absolute atomic E-state index is 13.1. The average Bonchev–Trinajstić information content (AvgIpc) is 2.15. The number of hydrogen-bond donors (Lipinski definition) is 3. The van der Waals surface area contributed by atoms with Gasteiger partial charge in [-0.05, 0) is 15.9 Å². The molecule has 14 heavy (non-hydrogen) atoms. The van der Waals surface area contributed by atoms with Gasteiger partial charge in [0.2, 0.25) is 0 Å². The summed E-state index contributed by atoms with van der Waals surface area (Å²) in [6.45, 7) is 0.0776. The number of halogens is 2. The third-order valence-electron chi connectivity index (χ3n) is 1.66. The third kappa shape index (κ3) is 2.14. The van der Waals surface area contributed by atoms with Crippen LogP contribution in [-0.4, -0.2) is 17.3 Å². The first kappa shape index (κ1) is 11.2. The van der Waals surface area contributed by atoms with Gasteiger partial charge in [-0.1, -0.05) is 0 Å². The lowest BCUT2D eigenvalue weighted by Gasteiger charge is -2.09. The monoisotopic (exact) mass is 265 g/mol. The molecule has 1 aromatic rings. The predicted octanol–water partition coefficient (Wildman–Crippen LogP) is 1.65. The lowest BCUT2D eigenvalue weighted by atomic mass is 10.2. The Bertz CT molecular complexity index is 320. The van der Waals surface area contributed by atoms with E-state index in [1.54, 1.807) is 0 Å². The van der Waals surface area contributed by atoms with E-state index in [1.807, 2.05) is 0 Å². The van der Waals surface area contributed by atoms with E-state index in [0.29, 0.717) is 0 Å². The summed E-state index contributed by atoms with van der Waals surface area (Å²) in [7, 11) is 1.39. The van der Waals surface area contributed by atoms with Crippen LogP contribution in [0.1, 0.15) is 5.56 Å². The molecule has 3 N–H and O–H groups in total. The van der Waals surface area contributed by atoms with Crippen molar-refractivity contribution in [2.45, 2.75) is 6.54 Å². The average molecular weight is 266 g/mol. The third-order valence-corrected chi connectivity index (χ3v) is 2.52. The Morgan fingerprint density at radius 2 is 2.21 bits per heavy atom. The quantitative estimate of drug-likeness (QED) is 0.575. The van der Waals surface area contributed by atoms with Crippen molar-refractivity contribution in [3.8, 4) is 11.5 Å². The molecule has 1 rings (SSSR count). The minimum absolute atomic E-state index is 0.0776. The first-order valence-corrected chi connectivity index (χ1v) is 4.52. The van der Waals surface area contributed by atoms with Gasteiger partial charge in [0.05, 0.1) is 18.1 Å². The summed E-state index contributed by atoms with van der Waals surface area (Å²) in [6.07, 6.45) is 0. The topological polar surface area (TPSA) is 61.7 Å². The minimum Gasteiger partial charge on any atom is -0.504 e. The van der Waals surface area contributed by atoms with Crippen molar-refractivity contribution in [1.29, 1.82) is 0 Å². The summed E-state index contributed by atoms with van der Waals surface area (Å²) in [5.41, 5.74) is 2.63. The zero-order valence-electron chi connectivity index (χ0n) is 7.34. The molecule has 0 unspecified atom stereocenters. The van der Waals surface area contributed by atoms with Gasteiger partial charge in [0.1, 0.15) is 5.82 Å². The van der Waals surface area contributed by atoms with Crippen molar-refractivity contribution in [1.82, 2.24) is 5.48 Å². The zero-order chi connectivity index (χ0) is 10.7. The molecule has 0 spiro atoms. The van der Waals surface area contributed by atoms with Crippen molar-refractivity contribution >= 4 is 15.9 Å². The lowest BCUT2D eigenvalue weighted by Crippen LogP contribution is -2.11. The molecule has 0 saturated carbocycles. The van der Waals surface area contributed by atoms with Crippen LogP contribution in [0.4, 0.5) is 4.39 Å². The van der Waals surface area contributed by atoms with Crippen LogP contribution < -0.4 is 5.48 Å². The number of nitrogens with one attached hydrogen (secondary N) is 1. The molecule has 0 aliphatic heterocycles. The predicted molar refractivity (Wildman–Crippen MR) is 51.3 cm³/mol. The van der Waals surface area contributed by atoms with Crippen LogP contribution in [0.3, 0.4) is 0 Å². The van der Waals surface area contributed by atoms with Crippen LogP contribution in [0, 0.1) is 5.82 Å². The van der Waals surface area contributed by atoms with E-state index >= 15 is 0 Å². The first-order chi connectivity index (χ1) is 6.57. The number of benzene rings is 1. The Morgan fingerprint density at radius 3 is 2.79 bits per heavy atom. The van der Waals surface area contributed by atoms with Crippen molar-refractivity contribution in [2.24, 2.45) is 0 Å². The van der Waals surface area contributed by atoms with Gasteiger partial charge in [-0.2, -0.15) is 5.48 Å². The summed E-state index contributed by atoms with van der Waals surface area (Å²) in [4.78, 5) is 4.55. The number of rotatable bonds is 3. The van der Waals surface area contributed by atoms with E-state index in [2.05, 4.69) is 26.2 Å². The van der Waals surface area contributed by atoms with Crippen LogP contribution >= 0.6 is 15.9 Å². The number of phenols is 2. The summed E-state index contributed by atoms with van der Waals surface area (Å²) in [5, 5.41) is 18.5. The maximum atomic E-state index is 13.1. The molecule has 4 nitrogen and oxygen atoms in total. The van der Waals surface area contributed by atoms with E-state index in [1.165, 1.54) is 7.11 Å². The number of aromatic hydroxyl groups is 2. The second-order valence-corrected chi connectivity index (χ2v) is 3.34. The summed E-state index contributed by atoms with van der Waals surface area (Å²) in [6, 6.07) is 0.829.